The van der Waals surface area contributed by atoms with Gasteiger partial charge < -0.3 is 0 Å². The van der Waals surface area contributed by atoms with Crippen LogP contribution in [0.15, 0.2) is 59.7 Å². The van der Waals surface area contributed by atoms with Crippen molar-refractivity contribution in [1.29, 1.82) is 0 Å². The molecule has 3 heteroatoms. The number of ketones is 1. The summed E-state index contributed by atoms with van der Waals surface area (Å²) in [5.74, 6) is -0.0369. The van der Waals surface area contributed by atoms with Crippen molar-refractivity contribution in [3.63, 3.8) is 0 Å². The zero-order valence-electron chi connectivity index (χ0n) is 12.6. The van der Waals surface area contributed by atoms with Gasteiger partial charge in [0.05, 0.1) is 6.21 Å². The molecule has 1 aliphatic rings. The van der Waals surface area contributed by atoms with Crippen molar-refractivity contribution in [3.05, 3.63) is 60.2 Å². The quantitative estimate of drug-likeness (QED) is 0.630. The van der Waals surface area contributed by atoms with Crippen LogP contribution in [0.1, 0.15) is 29.6 Å². The molecule has 0 amide bonds. The SMILES string of the molecule is O=C(/C=N/N1CCCCC1)c1ccc(-c2ccccc2)cc1. The topological polar surface area (TPSA) is 32.7 Å². The highest BCUT2D eigenvalue weighted by Crippen LogP contribution is 2.19. The van der Waals surface area contributed by atoms with Gasteiger partial charge in [-0.2, -0.15) is 5.10 Å². The maximum Gasteiger partial charge on any atom is 0.205 e. The lowest BCUT2D eigenvalue weighted by Gasteiger charge is -2.22. The zero-order chi connectivity index (χ0) is 15.2. The van der Waals surface area contributed by atoms with Gasteiger partial charge in [-0.15, -0.1) is 0 Å². The highest BCUT2D eigenvalue weighted by atomic mass is 16.1. The third-order valence-electron chi connectivity index (χ3n) is 3.95. The highest BCUT2D eigenvalue weighted by molar-refractivity contribution is 6.35. The molecule has 3 rings (SSSR count). The van der Waals surface area contributed by atoms with Gasteiger partial charge in [0.15, 0.2) is 0 Å². The van der Waals surface area contributed by atoms with E-state index in [-0.39, 0.29) is 5.78 Å². The molecule has 22 heavy (non-hydrogen) atoms. The Kier molecular flexibility index (Phi) is 4.64. The summed E-state index contributed by atoms with van der Waals surface area (Å²) in [7, 11) is 0. The van der Waals surface area contributed by atoms with Gasteiger partial charge >= 0.3 is 0 Å². The molecule has 112 valence electrons. The summed E-state index contributed by atoms with van der Waals surface area (Å²) in [5.41, 5.74) is 2.95. The molecular weight excluding hydrogens is 272 g/mol. The van der Waals surface area contributed by atoms with E-state index in [1.807, 2.05) is 47.5 Å². The predicted molar refractivity (Wildman–Crippen MR) is 90.1 cm³/mol. The van der Waals surface area contributed by atoms with E-state index in [4.69, 9.17) is 0 Å². The van der Waals surface area contributed by atoms with Gasteiger partial charge in [0.1, 0.15) is 0 Å². The van der Waals surface area contributed by atoms with Crippen molar-refractivity contribution in [2.75, 3.05) is 13.1 Å². The summed E-state index contributed by atoms with van der Waals surface area (Å²) >= 11 is 0. The van der Waals surface area contributed by atoms with Crippen LogP contribution >= 0.6 is 0 Å². The van der Waals surface area contributed by atoms with E-state index < -0.39 is 0 Å². The number of rotatable bonds is 4. The Morgan fingerprint density at radius 1 is 0.864 bits per heavy atom. The van der Waals surface area contributed by atoms with Crippen LogP contribution in [0.5, 0.6) is 0 Å². The van der Waals surface area contributed by atoms with Crippen molar-refractivity contribution in [3.8, 4) is 11.1 Å². The smallest absolute Gasteiger partial charge is 0.205 e. The van der Waals surface area contributed by atoms with Crippen molar-refractivity contribution in [2.45, 2.75) is 19.3 Å². The summed E-state index contributed by atoms with van der Waals surface area (Å²) in [6.07, 6.45) is 5.04. The van der Waals surface area contributed by atoms with Gasteiger partial charge in [0.25, 0.3) is 0 Å². The van der Waals surface area contributed by atoms with Gasteiger partial charge in [-0.3, -0.25) is 9.80 Å². The average molecular weight is 292 g/mol. The molecule has 1 heterocycles. The molecule has 0 atom stereocenters. The number of benzene rings is 2. The predicted octanol–water partition coefficient (Wildman–Crippen LogP) is 4.01. The van der Waals surface area contributed by atoms with Crippen LogP contribution in [0, 0.1) is 0 Å². The molecule has 3 nitrogen and oxygen atoms in total. The summed E-state index contributed by atoms with van der Waals surface area (Å²) in [4.78, 5) is 12.2. The standard InChI is InChI=1S/C19H20N2O/c22-19(15-20-21-13-5-2-6-14-21)18-11-9-17(10-12-18)16-7-3-1-4-8-16/h1,3-4,7-12,15H,2,5-6,13-14H2/b20-15+. The Bertz CT molecular complexity index is 641. The van der Waals surface area contributed by atoms with Gasteiger partial charge in [-0.1, -0.05) is 54.6 Å². The lowest BCUT2D eigenvalue weighted by Crippen LogP contribution is -2.25. The van der Waals surface area contributed by atoms with Crippen LogP contribution in [-0.2, 0) is 0 Å². The van der Waals surface area contributed by atoms with E-state index in [1.165, 1.54) is 12.6 Å². The van der Waals surface area contributed by atoms with Crippen LogP contribution in [0.2, 0.25) is 0 Å². The second-order valence-corrected chi connectivity index (χ2v) is 5.57. The van der Waals surface area contributed by atoms with Crippen molar-refractivity contribution >= 4 is 12.0 Å². The second-order valence-electron chi connectivity index (χ2n) is 5.57. The Labute approximate surface area is 131 Å². The Hall–Kier alpha value is -2.42. The molecule has 0 N–H and O–H groups in total. The minimum absolute atomic E-state index is 0.0369. The third-order valence-corrected chi connectivity index (χ3v) is 3.95. The molecule has 1 saturated heterocycles. The lowest BCUT2D eigenvalue weighted by atomic mass is 10.0. The summed E-state index contributed by atoms with van der Waals surface area (Å²) < 4.78 is 0. The number of carbonyl (C=O) groups is 1. The maximum atomic E-state index is 12.2. The number of Topliss-reactive ketones (excluding diaryl/α,β-unsaturated/α-hetero) is 1. The van der Waals surface area contributed by atoms with Gasteiger partial charge in [0.2, 0.25) is 5.78 Å². The fraction of sp³-hybridized carbons (Fsp3) is 0.263. The molecule has 0 aliphatic carbocycles. The van der Waals surface area contributed by atoms with E-state index in [0.29, 0.717) is 5.56 Å². The maximum absolute atomic E-state index is 12.2. The molecule has 0 radical (unpaired) electrons. The fourth-order valence-electron chi connectivity index (χ4n) is 2.66. The molecule has 0 unspecified atom stereocenters. The first kappa shape index (κ1) is 14.5. The Balaban J connectivity index is 1.67. The van der Waals surface area contributed by atoms with E-state index >= 15 is 0 Å². The van der Waals surface area contributed by atoms with Crippen LogP contribution in [0.3, 0.4) is 0 Å². The van der Waals surface area contributed by atoms with Crippen LogP contribution in [-0.4, -0.2) is 30.1 Å². The second kappa shape index (κ2) is 7.03. The molecular formula is C19H20N2O. The van der Waals surface area contributed by atoms with Gasteiger partial charge in [-0.25, -0.2) is 0 Å². The molecule has 2 aromatic carbocycles. The highest BCUT2D eigenvalue weighted by Gasteiger charge is 2.08. The van der Waals surface area contributed by atoms with Crippen molar-refractivity contribution in [1.82, 2.24) is 5.01 Å². The normalized spacial score (nSPS) is 15.2. The Morgan fingerprint density at radius 3 is 2.18 bits per heavy atom. The molecule has 1 aliphatic heterocycles. The lowest BCUT2D eigenvalue weighted by molar-refractivity contribution is 0.106. The fourth-order valence-corrected chi connectivity index (χ4v) is 2.66. The summed E-state index contributed by atoms with van der Waals surface area (Å²) in [6, 6.07) is 17.9. The summed E-state index contributed by atoms with van der Waals surface area (Å²) in [6.45, 7) is 1.91. The van der Waals surface area contributed by atoms with E-state index in [1.54, 1.807) is 0 Å². The minimum atomic E-state index is -0.0369. The van der Waals surface area contributed by atoms with Crippen LogP contribution < -0.4 is 0 Å². The van der Waals surface area contributed by atoms with E-state index in [9.17, 15) is 4.79 Å². The van der Waals surface area contributed by atoms with Crippen molar-refractivity contribution in [2.24, 2.45) is 5.10 Å². The zero-order valence-corrected chi connectivity index (χ0v) is 12.6. The molecule has 0 aromatic heterocycles. The van der Waals surface area contributed by atoms with Crippen LogP contribution in [0.25, 0.3) is 11.1 Å². The first-order valence-corrected chi connectivity index (χ1v) is 7.82. The van der Waals surface area contributed by atoms with Crippen molar-refractivity contribution < 1.29 is 4.79 Å². The first-order valence-electron chi connectivity index (χ1n) is 7.82. The Morgan fingerprint density at radius 2 is 1.50 bits per heavy atom. The minimum Gasteiger partial charge on any atom is -0.297 e. The first-order chi connectivity index (χ1) is 10.8. The molecule has 0 spiro atoms. The van der Waals surface area contributed by atoms with Crippen LogP contribution in [0.4, 0.5) is 0 Å². The number of piperidine rings is 1. The molecule has 0 saturated carbocycles. The number of carbonyl (C=O) groups excluding carboxylic acids is 1. The molecule has 1 fully saturated rings. The summed E-state index contributed by atoms with van der Waals surface area (Å²) in [5, 5.41) is 6.28. The van der Waals surface area contributed by atoms with E-state index in [0.717, 1.165) is 37.1 Å². The number of hydrogen-bond donors (Lipinski definition) is 0. The van der Waals surface area contributed by atoms with E-state index in [2.05, 4.69) is 17.2 Å². The van der Waals surface area contributed by atoms with Gasteiger partial charge in [-0.05, 0) is 30.4 Å². The molecule has 0 bridgehead atoms. The average Bonchev–Trinajstić information content (AvgIpc) is 2.61. The van der Waals surface area contributed by atoms with Gasteiger partial charge in [0, 0.05) is 18.7 Å². The number of nitrogens with zero attached hydrogens (tertiary/aromatic N) is 2. The number of hydrazone groups is 1. The largest absolute Gasteiger partial charge is 0.297 e. The molecule has 2 aromatic rings. The third kappa shape index (κ3) is 3.61. The number of hydrogen-bond acceptors (Lipinski definition) is 3. The monoisotopic (exact) mass is 292 g/mol.